The molecule has 1 aromatic heterocycles. The normalized spacial score (nSPS) is 20.3. The average molecular weight is 492 g/mol. The number of amides is 2. The van der Waals surface area contributed by atoms with E-state index in [4.69, 9.17) is 9.47 Å². The first-order chi connectivity index (χ1) is 16.9. The number of ether oxygens (including phenoxy) is 2. The Bertz CT molecular complexity index is 1290. The molecule has 0 radical (unpaired) electrons. The van der Waals surface area contributed by atoms with Crippen molar-refractivity contribution in [2.24, 2.45) is 11.8 Å². The minimum atomic E-state index is -0.231. The van der Waals surface area contributed by atoms with Gasteiger partial charge in [0, 0.05) is 19.2 Å². The predicted molar refractivity (Wildman–Crippen MR) is 135 cm³/mol. The number of likely N-dealkylation sites (tertiary alicyclic amines) is 1. The van der Waals surface area contributed by atoms with Crippen molar-refractivity contribution in [3.05, 3.63) is 64.3 Å². The van der Waals surface area contributed by atoms with Gasteiger partial charge in [-0.3, -0.25) is 9.59 Å². The lowest BCUT2D eigenvalue weighted by molar-refractivity contribution is 0.0690. The number of carbonyl (C=O) groups excluding carboxylic acids is 2. The fourth-order valence-corrected chi connectivity index (χ4v) is 5.94. The number of nitrogens with one attached hydrogen (secondary N) is 1. The van der Waals surface area contributed by atoms with E-state index < -0.39 is 0 Å². The highest BCUT2D eigenvalue weighted by Crippen LogP contribution is 2.50. The van der Waals surface area contributed by atoms with Gasteiger partial charge in [-0.1, -0.05) is 29.8 Å². The first-order valence-electron chi connectivity index (χ1n) is 11.7. The van der Waals surface area contributed by atoms with E-state index in [1.165, 1.54) is 7.11 Å². The molecule has 2 fully saturated rings. The predicted octanol–water partition coefficient (Wildman–Crippen LogP) is 4.33. The molecule has 35 heavy (non-hydrogen) atoms. The van der Waals surface area contributed by atoms with E-state index in [9.17, 15) is 9.59 Å². The summed E-state index contributed by atoms with van der Waals surface area (Å²) < 4.78 is 10.6. The van der Waals surface area contributed by atoms with Gasteiger partial charge in [-0.15, -0.1) is 11.3 Å². The minimum Gasteiger partial charge on any atom is -0.497 e. The zero-order valence-electron chi connectivity index (χ0n) is 20.3. The molecule has 3 atom stereocenters. The second kappa shape index (κ2) is 9.34. The van der Waals surface area contributed by atoms with Crippen LogP contribution in [0.5, 0.6) is 11.5 Å². The number of aryl methyl sites for hydroxylation is 2. The first-order valence-corrected chi connectivity index (χ1v) is 12.6. The lowest BCUT2D eigenvalue weighted by Crippen LogP contribution is -2.45. The average Bonchev–Trinajstić information content (AvgIpc) is 3.37. The van der Waals surface area contributed by atoms with Gasteiger partial charge in [0.15, 0.2) is 0 Å². The Morgan fingerprint density at radius 1 is 1.14 bits per heavy atom. The van der Waals surface area contributed by atoms with Crippen molar-refractivity contribution in [1.29, 1.82) is 0 Å². The number of carbonyl (C=O) groups is 2. The van der Waals surface area contributed by atoms with Crippen LogP contribution in [0, 0.1) is 25.7 Å². The monoisotopic (exact) mass is 491 g/mol. The number of rotatable bonds is 7. The Hall–Kier alpha value is -3.39. The summed E-state index contributed by atoms with van der Waals surface area (Å²) >= 11 is 1.55. The van der Waals surface area contributed by atoms with Crippen molar-refractivity contribution >= 4 is 23.2 Å². The van der Waals surface area contributed by atoms with Crippen LogP contribution in [0.1, 0.15) is 37.8 Å². The number of hydrogen-bond donors (Lipinski definition) is 1. The van der Waals surface area contributed by atoms with Gasteiger partial charge in [0.2, 0.25) is 0 Å². The van der Waals surface area contributed by atoms with Gasteiger partial charge in [0.1, 0.15) is 17.2 Å². The lowest BCUT2D eigenvalue weighted by atomic mass is 10.1. The number of aromatic nitrogens is 1. The molecule has 0 unspecified atom stereocenters. The zero-order chi connectivity index (χ0) is 24.7. The van der Waals surface area contributed by atoms with Crippen LogP contribution in [-0.4, -0.2) is 55.0 Å². The van der Waals surface area contributed by atoms with Crippen molar-refractivity contribution in [3.63, 3.8) is 0 Å². The third-order valence-electron chi connectivity index (χ3n) is 6.91. The molecule has 7 nitrogen and oxygen atoms in total. The third-order valence-corrected chi connectivity index (χ3v) is 7.93. The number of nitrogens with zero attached hydrogens (tertiary/aromatic N) is 2. The molecule has 3 aromatic rings. The maximum absolute atomic E-state index is 13.7. The van der Waals surface area contributed by atoms with Gasteiger partial charge in [-0.05, 0) is 49.8 Å². The van der Waals surface area contributed by atoms with Crippen molar-refractivity contribution in [2.45, 2.75) is 26.3 Å². The summed E-state index contributed by atoms with van der Waals surface area (Å²) in [4.78, 5) is 34.1. The smallest absolute Gasteiger partial charge is 0.274 e. The summed E-state index contributed by atoms with van der Waals surface area (Å²) in [6.45, 7) is 5.08. The zero-order valence-corrected chi connectivity index (χ0v) is 21.1. The number of thiazole rings is 1. The van der Waals surface area contributed by atoms with Crippen LogP contribution in [0.3, 0.4) is 0 Å². The minimum absolute atomic E-state index is 0.0481. The summed E-state index contributed by atoms with van der Waals surface area (Å²) in [5, 5.41) is 3.90. The Labute approximate surface area is 209 Å². The SMILES string of the molecule is COc1ccc(C(=O)NC[C@@H]2[C@H]3C[C@H]3CN2C(=O)c2nc(C)sc2-c2cccc(C)c2)c(OC)c1. The summed E-state index contributed by atoms with van der Waals surface area (Å²) in [7, 11) is 3.10. The Kier molecular flexibility index (Phi) is 6.23. The molecule has 1 N–H and O–H groups in total. The molecule has 5 rings (SSSR count). The fourth-order valence-electron chi connectivity index (χ4n) is 5.04. The molecule has 2 aromatic carbocycles. The second-order valence-electron chi connectivity index (χ2n) is 9.24. The van der Waals surface area contributed by atoms with Gasteiger partial charge in [0.05, 0.1) is 35.7 Å². The molecular weight excluding hydrogens is 462 g/mol. The van der Waals surface area contributed by atoms with Crippen LogP contribution < -0.4 is 14.8 Å². The van der Waals surface area contributed by atoms with E-state index in [1.54, 1.807) is 36.6 Å². The van der Waals surface area contributed by atoms with Gasteiger partial charge < -0.3 is 19.7 Å². The standard InChI is InChI=1S/C27H29N3O4S/c1-15-6-5-7-17(10-15)25-24(29-16(2)35-25)27(32)30-14-18-11-21(18)22(30)13-28-26(31)20-9-8-19(33-3)12-23(20)34-4/h5-10,12,18,21-22H,11,13-14H2,1-4H3,(H,28,31)/t18-,21-,22+/m0/s1. The van der Waals surface area contributed by atoms with Crippen molar-refractivity contribution in [1.82, 2.24) is 15.2 Å². The van der Waals surface area contributed by atoms with Crippen LogP contribution in [0.2, 0.25) is 0 Å². The number of fused-ring (bicyclic) bond motifs is 1. The molecular formula is C27H29N3O4S. The van der Waals surface area contributed by atoms with E-state index >= 15 is 0 Å². The van der Waals surface area contributed by atoms with Gasteiger partial charge in [-0.2, -0.15) is 0 Å². The highest BCUT2D eigenvalue weighted by molar-refractivity contribution is 7.15. The second-order valence-corrected chi connectivity index (χ2v) is 10.4. The number of benzene rings is 2. The van der Waals surface area contributed by atoms with Crippen molar-refractivity contribution in [2.75, 3.05) is 27.3 Å². The Morgan fingerprint density at radius 3 is 2.71 bits per heavy atom. The van der Waals surface area contributed by atoms with Crippen LogP contribution in [-0.2, 0) is 0 Å². The number of methoxy groups -OCH3 is 2. The largest absolute Gasteiger partial charge is 0.497 e. The van der Waals surface area contributed by atoms with E-state index in [2.05, 4.69) is 16.4 Å². The van der Waals surface area contributed by atoms with Gasteiger partial charge in [0.25, 0.3) is 11.8 Å². The molecule has 1 aliphatic carbocycles. The molecule has 0 spiro atoms. The fraction of sp³-hybridized carbons (Fsp3) is 0.370. The molecule has 2 amide bonds. The van der Waals surface area contributed by atoms with Crippen molar-refractivity contribution in [3.8, 4) is 21.9 Å². The summed E-state index contributed by atoms with van der Waals surface area (Å²) in [5.74, 6) is 1.70. The molecule has 0 bridgehead atoms. The van der Waals surface area contributed by atoms with E-state index in [0.29, 0.717) is 47.7 Å². The van der Waals surface area contributed by atoms with Crippen molar-refractivity contribution < 1.29 is 19.1 Å². The third kappa shape index (κ3) is 4.50. The number of piperidine rings is 1. The highest BCUT2D eigenvalue weighted by Gasteiger charge is 2.54. The topological polar surface area (TPSA) is 80.8 Å². The van der Waals surface area contributed by atoms with Gasteiger partial charge in [-0.25, -0.2) is 4.98 Å². The van der Waals surface area contributed by atoms with E-state index in [1.807, 2.05) is 36.9 Å². The highest BCUT2D eigenvalue weighted by atomic mass is 32.1. The maximum Gasteiger partial charge on any atom is 0.274 e. The molecule has 8 heteroatoms. The maximum atomic E-state index is 13.7. The van der Waals surface area contributed by atoms with Crippen LogP contribution >= 0.6 is 11.3 Å². The molecule has 1 saturated carbocycles. The molecule has 2 aliphatic rings. The lowest BCUT2D eigenvalue weighted by Gasteiger charge is -2.27. The molecule has 2 heterocycles. The van der Waals surface area contributed by atoms with Crippen LogP contribution in [0.15, 0.2) is 42.5 Å². The first kappa shape index (κ1) is 23.4. The Balaban J connectivity index is 1.34. The molecule has 182 valence electrons. The van der Waals surface area contributed by atoms with Crippen LogP contribution in [0.4, 0.5) is 0 Å². The quantitative estimate of drug-likeness (QED) is 0.532. The molecule has 1 saturated heterocycles. The van der Waals surface area contributed by atoms with Crippen LogP contribution in [0.25, 0.3) is 10.4 Å². The van der Waals surface area contributed by atoms with E-state index in [-0.39, 0.29) is 17.9 Å². The summed E-state index contributed by atoms with van der Waals surface area (Å²) in [6.07, 6.45) is 1.09. The van der Waals surface area contributed by atoms with Gasteiger partial charge >= 0.3 is 0 Å². The Morgan fingerprint density at radius 2 is 1.97 bits per heavy atom. The summed E-state index contributed by atoms with van der Waals surface area (Å²) in [5.41, 5.74) is 3.10. The number of hydrogen-bond acceptors (Lipinski definition) is 6. The molecule has 1 aliphatic heterocycles. The summed E-state index contributed by atoms with van der Waals surface area (Å²) in [6, 6.07) is 13.2. The van der Waals surface area contributed by atoms with E-state index in [0.717, 1.165) is 27.4 Å².